The number of fused-ring (bicyclic) bond motifs is 3. The van der Waals surface area contributed by atoms with Crippen LogP contribution in [0.1, 0.15) is 141 Å². The molecule has 31 heteroatoms. The molecule has 10 N–H and O–H groups in total. The van der Waals surface area contributed by atoms with E-state index in [0.29, 0.717) is 67.9 Å². The van der Waals surface area contributed by atoms with Gasteiger partial charge in [0, 0.05) is 79.4 Å². The number of nitrogens with one attached hydrogen (secondary N) is 7. The monoisotopic (exact) mass is 1470 g/mol. The lowest BCUT2D eigenvalue weighted by atomic mass is 9.67. The van der Waals surface area contributed by atoms with E-state index in [9.17, 15) is 53.1 Å². The standard InChI is InChI=1S/C73H93N15O14S2/c1-44-46(3)104-68-60(44)61(50-20-16-48(17-21-50)14-11-29-76-65(94)53(15-12-30-78-71(74)99)82-70(98)73(26-13-27-73)69(97)77-28-9-8-10-32-86-58(92)24-25-59(86)93)81-54(64-85-84-47(4)88(64)68)39-56(90)75-31-33-100-34-35-101-36-37-102-42-57(91)83-63(72(5,6)7)67(96)87-41-52(89)38-55(87)66(95)79-40-49-18-22-51(23-19-49)62-45(2)80-43-103-62/h16-25,43,52-55,63,89H,8-10,12-13,15,26-42H2,1-7H3,(H,75,90)(H,76,94)(H,77,97)(H,79,95)(H,82,98)(H,83,91)(H3,74,78,99)/t52-,53+,54+,55+,63-/m1/s1. The second kappa shape index (κ2) is 36.7. The predicted octanol–water partition coefficient (Wildman–Crippen LogP) is 3.73. The number of nitrogens with zero attached hydrogens (tertiary/aromatic N) is 7. The average Bonchev–Trinajstić information content (AvgIpc) is 1.56. The quantitative estimate of drug-likeness (QED) is 0.0121. The Morgan fingerprint density at radius 2 is 1.46 bits per heavy atom. The number of aryl methyl sites for hydroxylation is 3. The summed E-state index contributed by atoms with van der Waals surface area (Å²) in [5.74, 6) is 3.27. The molecule has 3 aliphatic heterocycles. The number of carbonyl (C=O) groups is 10. The topological polar surface area (TPSA) is 391 Å². The van der Waals surface area contributed by atoms with E-state index < -0.39 is 82.6 Å². The van der Waals surface area contributed by atoms with Gasteiger partial charge in [-0.1, -0.05) is 75.4 Å². The molecule has 556 valence electrons. The molecule has 1 saturated heterocycles. The summed E-state index contributed by atoms with van der Waals surface area (Å²) in [6.07, 6.45) is 4.99. The number of urea groups is 1. The molecule has 0 bridgehead atoms. The van der Waals surface area contributed by atoms with Crippen molar-refractivity contribution in [2.24, 2.45) is 21.6 Å². The van der Waals surface area contributed by atoms with Crippen LogP contribution in [0.5, 0.6) is 0 Å². The van der Waals surface area contributed by atoms with Crippen molar-refractivity contribution in [3.63, 3.8) is 0 Å². The second-order valence-electron chi connectivity index (χ2n) is 27.1. The molecule has 5 aromatic rings. The highest BCUT2D eigenvalue weighted by molar-refractivity contribution is 7.15. The minimum Gasteiger partial charge on any atom is -0.391 e. The molecule has 5 atom stereocenters. The minimum absolute atomic E-state index is 0.0483. The molecular formula is C73H93N15O14S2. The Bertz CT molecular complexity index is 4050. The molecule has 104 heavy (non-hydrogen) atoms. The van der Waals surface area contributed by atoms with Crippen LogP contribution in [0.25, 0.3) is 15.4 Å². The van der Waals surface area contributed by atoms with Crippen LogP contribution in [0.4, 0.5) is 4.79 Å². The van der Waals surface area contributed by atoms with E-state index in [0.717, 1.165) is 48.3 Å². The zero-order valence-corrected chi connectivity index (χ0v) is 61.4. The van der Waals surface area contributed by atoms with Gasteiger partial charge in [-0.25, -0.2) is 9.78 Å². The Morgan fingerprint density at radius 3 is 2.13 bits per heavy atom. The number of hydrogen-bond acceptors (Lipinski definition) is 20. The van der Waals surface area contributed by atoms with Crippen molar-refractivity contribution in [3.05, 3.63) is 116 Å². The van der Waals surface area contributed by atoms with Crippen molar-refractivity contribution in [1.29, 1.82) is 0 Å². The average molecular weight is 1470 g/mol. The van der Waals surface area contributed by atoms with E-state index in [1.54, 1.807) is 49.0 Å². The van der Waals surface area contributed by atoms with Gasteiger partial charge in [0.05, 0.1) is 73.9 Å². The molecule has 0 spiro atoms. The smallest absolute Gasteiger partial charge is 0.312 e. The first-order chi connectivity index (χ1) is 49.8. The molecule has 2 fully saturated rings. The molecule has 6 heterocycles. The van der Waals surface area contributed by atoms with Gasteiger partial charge in [0.15, 0.2) is 5.82 Å². The molecular weight excluding hydrogens is 1380 g/mol. The maximum absolute atomic E-state index is 14.1. The van der Waals surface area contributed by atoms with E-state index in [4.69, 9.17) is 24.9 Å². The molecule has 4 aliphatic rings. The zero-order valence-electron chi connectivity index (χ0n) is 59.8. The van der Waals surface area contributed by atoms with Crippen molar-refractivity contribution in [3.8, 4) is 27.3 Å². The van der Waals surface area contributed by atoms with E-state index in [-0.39, 0.29) is 122 Å². The maximum atomic E-state index is 14.1. The van der Waals surface area contributed by atoms with Crippen molar-refractivity contribution in [2.45, 2.75) is 149 Å². The number of rotatable bonds is 35. The number of nitrogens with two attached hydrogens (primary N) is 1. The summed E-state index contributed by atoms with van der Waals surface area (Å²) < 4.78 is 18.9. The number of aliphatic hydroxyl groups is 1. The van der Waals surface area contributed by atoms with Crippen LogP contribution < -0.4 is 43.0 Å². The molecule has 3 aromatic heterocycles. The summed E-state index contributed by atoms with van der Waals surface area (Å²) in [5, 5.41) is 40.0. The van der Waals surface area contributed by atoms with Gasteiger partial charge < -0.3 is 67.2 Å². The SMILES string of the molecule is Cc1ncsc1-c1ccc(CNC(=O)[C@@H]2C[C@@H](O)CN2C(=O)[C@@H](NC(=O)COCCOCCOCCNC(=O)C[C@@H]2N=C(c3ccc(C#CCNC(=O)[C@H](CCCNC(N)=O)NC(=O)C4(C(=O)NCCCCCN5C(=O)C=CC5=O)CCC4)cc3)c3c(sc(C)c3C)-n3c(C)nnc32)C(C)(C)C)cc1. The highest BCUT2D eigenvalue weighted by Gasteiger charge is 2.51. The first-order valence-corrected chi connectivity index (χ1v) is 36.7. The van der Waals surface area contributed by atoms with Crippen LogP contribution in [0, 0.1) is 50.4 Å². The minimum atomic E-state index is -1.36. The first kappa shape index (κ1) is 78.6. The lowest BCUT2D eigenvalue weighted by Gasteiger charge is -2.39. The summed E-state index contributed by atoms with van der Waals surface area (Å²) in [6, 6.07) is 10.8. The normalized spacial score (nSPS) is 17.1. The predicted molar refractivity (Wildman–Crippen MR) is 388 cm³/mol. The fraction of sp³-hybridized carbons (Fsp3) is 0.507. The Labute approximate surface area is 612 Å². The zero-order chi connectivity index (χ0) is 74.7. The molecule has 2 aromatic carbocycles. The molecule has 1 saturated carbocycles. The molecule has 0 unspecified atom stereocenters. The van der Waals surface area contributed by atoms with Crippen molar-refractivity contribution in [1.82, 2.24) is 66.8 Å². The Morgan fingerprint density at radius 1 is 0.769 bits per heavy atom. The largest absolute Gasteiger partial charge is 0.391 e. The first-order valence-electron chi connectivity index (χ1n) is 35.0. The summed E-state index contributed by atoms with van der Waals surface area (Å²) in [7, 11) is 0. The third kappa shape index (κ3) is 20.4. The number of ether oxygens (including phenoxy) is 3. The number of aromatic nitrogens is 4. The number of carbonyl (C=O) groups excluding carboxylic acids is 10. The molecule has 1 aliphatic carbocycles. The van der Waals surface area contributed by atoms with Gasteiger partial charge in [0.2, 0.25) is 41.4 Å². The Kier molecular flexibility index (Phi) is 27.7. The Hall–Kier alpha value is -9.58. The molecule has 29 nitrogen and oxygen atoms in total. The van der Waals surface area contributed by atoms with Gasteiger partial charge in [-0.15, -0.1) is 32.9 Å². The van der Waals surface area contributed by atoms with Gasteiger partial charge >= 0.3 is 6.03 Å². The number of amides is 11. The molecule has 0 radical (unpaired) electrons. The number of β-amino-alcohol motifs (C(OH)–C–C–N with tert-alkyl or cyclic N) is 1. The summed E-state index contributed by atoms with van der Waals surface area (Å²) in [6.45, 7) is 14.8. The summed E-state index contributed by atoms with van der Waals surface area (Å²) in [5.41, 5.74) is 11.7. The Balaban J connectivity index is 0.702. The fourth-order valence-corrected chi connectivity index (χ4v) is 14.5. The van der Waals surface area contributed by atoms with E-state index in [1.165, 1.54) is 22.0 Å². The van der Waals surface area contributed by atoms with E-state index >= 15 is 0 Å². The molecule has 9 rings (SSSR count). The van der Waals surface area contributed by atoms with Crippen molar-refractivity contribution in [2.75, 3.05) is 78.9 Å². The van der Waals surface area contributed by atoms with Crippen LogP contribution in [0.2, 0.25) is 0 Å². The number of thiazole rings is 1. The van der Waals surface area contributed by atoms with Crippen LogP contribution in [0.3, 0.4) is 0 Å². The third-order valence-electron chi connectivity index (χ3n) is 18.5. The van der Waals surface area contributed by atoms with Crippen LogP contribution in [0.15, 0.2) is 71.2 Å². The summed E-state index contributed by atoms with van der Waals surface area (Å²) >= 11 is 3.14. The number of aliphatic hydroxyl groups excluding tert-OH is 1. The van der Waals surface area contributed by atoms with Crippen molar-refractivity contribution >= 4 is 87.6 Å². The third-order valence-corrected chi connectivity index (χ3v) is 20.7. The maximum Gasteiger partial charge on any atom is 0.312 e. The van der Waals surface area contributed by atoms with Gasteiger partial charge in [0.1, 0.15) is 47.0 Å². The van der Waals surface area contributed by atoms with Crippen molar-refractivity contribution < 1.29 is 67.3 Å². The number of unbranched alkanes of at least 4 members (excludes halogenated alkanes) is 2. The van der Waals surface area contributed by atoms with Gasteiger partial charge in [-0.3, -0.25) is 57.6 Å². The fourth-order valence-electron chi connectivity index (χ4n) is 12.5. The highest BCUT2D eigenvalue weighted by atomic mass is 32.1. The summed E-state index contributed by atoms with van der Waals surface area (Å²) in [4.78, 5) is 145. The van der Waals surface area contributed by atoms with Crippen LogP contribution in [-0.2, 0) is 63.9 Å². The second-order valence-corrected chi connectivity index (χ2v) is 29.2. The van der Waals surface area contributed by atoms with E-state index in [2.05, 4.69) is 64.2 Å². The number of hydrogen-bond donors (Lipinski definition) is 9. The van der Waals surface area contributed by atoms with E-state index in [1.807, 2.05) is 80.8 Å². The van der Waals surface area contributed by atoms with Gasteiger partial charge in [-0.05, 0) is 107 Å². The lowest BCUT2D eigenvalue weighted by molar-refractivity contribution is -0.151. The van der Waals surface area contributed by atoms with Gasteiger partial charge in [-0.2, -0.15) is 0 Å². The molecule has 11 amide bonds. The number of thiophene rings is 1. The number of primary amides is 1. The number of imide groups is 1. The highest BCUT2D eigenvalue weighted by Crippen LogP contribution is 2.42. The number of aliphatic imine (C=N–C) groups is 1. The van der Waals surface area contributed by atoms with Crippen LogP contribution in [-0.4, -0.2) is 203 Å². The van der Waals surface area contributed by atoms with Crippen LogP contribution >= 0.6 is 22.7 Å². The number of likely N-dealkylation sites (tertiary alicyclic amines) is 1. The lowest BCUT2D eigenvalue weighted by Crippen LogP contribution is -2.59. The van der Waals surface area contributed by atoms with Gasteiger partial charge in [0.25, 0.3) is 11.8 Å². The number of benzene rings is 2.